The normalized spacial score (nSPS) is 11.1. The summed E-state index contributed by atoms with van der Waals surface area (Å²) in [6.45, 7) is 4.46. The molecule has 0 atom stereocenters. The van der Waals surface area contributed by atoms with Gasteiger partial charge in [0.15, 0.2) is 0 Å². The van der Waals surface area contributed by atoms with Gasteiger partial charge in [0.25, 0.3) is 5.56 Å². The fourth-order valence-corrected chi connectivity index (χ4v) is 4.03. The first-order valence-corrected chi connectivity index (χ1v) is 12.3. The van der Waals surface area contributed by atoms with Crippen LogP contribution in [0.1, 0.15) is 25.0 Å². The Hall–Kier alpha value is -4.53. The third kappa shape index (κ3) is 6.23. The lowest BCUT2D eigenvalue weighted by Crippen LogP contribution is -2.41. The predicted molar refractivity (Wildman–Crippen MR) is 144 cm³/mol. The molecule has 0 saturated carbocycles. The lowest BCUT2D eigenvalue weighted by Gasteiger charge is -2.14. The maximum atomic E-state index is 13.5. The van der Waals surface area contributed by atoms with E-state index in [0.29, 0.717) is 29.2 Å². The fraction of sp³-hybridized carbons (Fsp3) is 0.241. The summed E-state index contributed by atoms with van der Waals surface area (Å²) in [4.78, 5) is 51.7. The van der Waals surface area contributed by atoms with Crippen molar-refractivity contribution in [2.45, 2.75) is 33.4 Å². The van der Waals surface area contributed by atoms with Crippen LogP contribution in [0.25, 0.3) is 16.6 Å². The molecule has 0 aliphatic heterocycles. The molecular weight excluding hydrogens is 487 g/mol. The molecule has 196 valence electrons. The number of nitrogens with zero attached hydrogens (tertiary/aromatic N) is 2. The average molecular weight is 517 g/mol. The third-order valence-corrected chi connectivity index (χ3v) is 6.02. The van der Waals surface area contributed by atoms with Crippen LogP contribution in [0.15, 0.2) is 82.4 Å². The van der Waals surface area contributed by atoms with E-state index in [9.17, 15) is 23.6 Å². The Balaban J connectivity index is 1.61. The van der Waals surface area contributed by atoms with Crippen molar-refractivity contribution >= 4 is 22.7 Å². The molecule has 0 fully saturated rings. The largest absolute Gasteiger partial charge is 0.356 e. The van der Waals surface area contributed by atoms with E-state index in [-0.39, 0.29) is 36.6 Å². The Bertz CT molecular complexity index is 1570. The molecule has 2 N–H and O–H groups in total. The molecule has 0 spiro atoms. The summed E-state index contributed by atoms with van der Waals surface area (Å²) in [7, 11) is 0. The van der Waals surface area contributed by atoms with Gasteiger partial charge in [-0.25, -0.2) is 13.8 Å². The third-order valence-electron chi connectivity index (χ3n) is 6.02. The standard InChI is InChI=1S/C29H29FN4O4/c1-19(2)16-31-26(35)15-20-9-13-23(14-10-20)34-28(37)24-5-3-4-6-25(24)33(29(34)38)18-27(36)32-17-21-7-11-22(30)12-8-21/h3-14,19H,15-18H2,1-2H3,(H,31,35)(H,32,36). The maximum Gasteiger partial charge on any atom is 0.336 e. The van der Waals surface area contributed by atoms with E-state index in [2.05, 4.69) is 10.6 Å². The number of hydrogen-bond acceptors (Lipinski definition) is 4. The molecule has 2 amide bonds. The van der Waals surface area contributed by atoms with Gasteiger partial charge >= 0.3 is 5.69 Å². The molecular formula is C29H29FN4O4. The number of hydrogen-bond donors (Lipinski definition) is 2. The lowest BCUT2D eigenvalue weighted by molar-refractivity contribution is -0.122. The van der Waals surface area contributed by atoms with Crippen molar-refractivity contribution < 1.29 is 14.0 Å². The van der Waals surface area contributed by atoms with Crippen molar-refractivity contribution in [2.24, 2.45) is 5.92 Å². The highest BCUT2D eigenvalue weighted by molar-refractivity contribution is 5.82. The zero-order valence-corrected chi connectivity index (χ0v) is 21.2. The van der Waals surface area contributed by atoms with Crippen LogP contribution in [0.2, 0.25) is 0 Å². The number of fused-ring (bicyclic) bond motifs is 1. The Morgan fingerprint density at radius 2 is 1.50 bits per heavy atom. The number of nitrogens with one attached hydrogen (secondary N) is 2. The molecule has 4 rings (SSSR count). The molecule has 0 aliphatic rings. The lowest BCUT2D eigenvalue weighted by atomic mass is 10.1. The minimum absolute atomic E-state index is 0.108. The minimum Gasteiger partial charge on any atom is -0.356 e. The van der Waals surface area contributed by atoms with Gasteiger partial charge in [-0.05, 0) is 53.4 Å². The van der Waals surface area contributed by atoms with Gasteiger partial charge in [-0.3, -0.25) is 19.0 Å². The summed E-state index contributed by atoms with van der Waals surface area (Å²) in [6, 6.07) is 19.0. The molecule has 8 nitrogen and oxygen atoms in total. The monoisotopic (exact) mass is 516 g/mol. The van der Waals surface area contributed by atoms with Gasteiger partial charge in [0.2, 0.25) is 11.8 Å². The maximum absolute atomic E-state index is 13.5. The second-order valence-corrected chi connectivity index (χ2v) is 9.47. The zero-order chi connectivity index (χ0) is 27.2. The zero-order valence-electron chi connectivity index (χ0n) is 21.2. The van der Waals surface area contributed by atoms with E-state index in [4.69, 9.17) is 0 Å². The fourth-order valence-electron chi connectivity index (χ4n) is 4.03. The van der Waals surface area contributed by atoms with Crippen LogP contribution in [0.5, 0.6) is 0 Å². The van der Waals surface area contributed by atoms with E-state index in [1.807, 2.05) is 13.8 Å². The van der Waals surface area contributed by atoms with Gasteiger partial charge in [-0.15, -0.1) is 0 Å². The van der Waals surface area contributed by atoms with Crippen molar-refractivity contribution in [1.82, 2.24) is 19.8 Å². The van der Waals surface area contributed by atoms with Gasteiger partial charge in [0, 0.05) is 13.1 Å². The molecule has 38 heavy (non-hydrogen) atoms. The van der Waals surface area contributed by atoms with Gasteiger partial charge < -0.3 is 10.6 Å². The van der Waals surface area contributed by atoms with Crippen LogP contribution in [0, 0.1) is 11.7 Å². The van der Waals surface area contributed by atoms with Crippen molar-refractivity contribution in [3.8, 4) is 5.69 Å². The molecule has 0 radical (unpaired) electrons. The smallest absolute Gasteiger partial charge is 0.336 e. The summed E-state index contributed by atoms with van der Waals surface area (Å²) in [6.07, 6.45) is 0.179. The summed E-state index contributed by atoms with van der Waals surface area (Å²) >= 11 is 0. The summed E-state index contributed by atoms with van der Waals surface area (Å²) in [5.74, 6) is -0.575. The topological polar surface area (TPSA) is 102 Å². The van der Waals surface area contributed by atoms with E-state index in [1.165, 1.54) is 16.7 Å². The summed E-state index contributed by atoms with van der Waals surface area (Å²) < 4.78 is 15.4. The van der Waals surface area contributed by atoms with Crippen LogP contribution in [0.3, 0.4) is 0 Å². The highest BCUT2D eigenvalue weighted by Crippen LogP contribution is 2.12. The van der Waals surface area contributed by atoms with Gasteiger partial charge in [-0.2, -0.15) is 0 Å². The minimum atomic E-state index is -0.659. The highest BCUT2D eigenvalue weighted by Gasteiger charge is 2.17. The van der Waals surface area contributed by atoms with E-state index in [0.717, 1.165) is 10.1 Å². The van der Waals surface area contributed by atoms with Crippen molar-refractivity contribution in [1.29, 1.82) is 0 Å². The quantitative estimate of drug-likeness (QED) is 0.357. The Labute approximate surface area is 218 Å². The number of carbonyl (C=O) groups is 2. The van der Waals surface area contributed by atoms with Crippen LogP contribution in [-0.2, 0) is 29.1 Å². The predicted octanol–water partition coefficient (Wildman–Crippen LogP) is 2.92. The number of benzene rings is 3. The number of para-hydroxylation sites is 1. The number of carbonyl (C=O) groups excluding carboxylic acids is 2. The van der Waals surface area contributed by atoms with Crippen molar-refractivity contribution in [3.63, 3.8) is 0 Å². The van der Waals surface area contributed by atoms with E-state index < -0.39 is 17.2 Å². The molecule has 0 aliphatic carbocycles. The first kappa shape index (κ1) is 26.5. The van der Waals surface area contributed by atoms with Crippen molar-refractivity contribution in [2.75, 3.05) is 6.54 Å². The van der Waals surface area contributed by atoms with Crippen LogP contribution < -0.4 is 21.9 Å². The molecule has 1 aromatic heterocycles. The first-order valence-electron chi connectivity index (χ1n) is 12.3. The number of aromatic nitrogens is 2. The average Bonchev–Trinajstić information content (AvgIpc) is 2.90. The first-order chi connectivity index (χ1) is 18.2. The van der Waals surface area contributed by atoms with Gasteiger partial charge in [0.05, 0.1) is 23.0 Å². The Morgan fingerprint density at radius 3 is 2.18 bits per heavy atom. The molecule has 9 heteroatoms. The molecule has 1 heterocycles. The van der Waals surface area contributed by atoms with Crippen LogP contribution in [0.4, 0.5) is 4.39 Å². The number of rotatable bonds is 9. The summed E-state index contributed by atoms with van der Waals surface area (Å²) in [5, 5.41) is 5.88. The van der Waals surface area contributed by atoms with Crippen LogP contribution >= 0.6 is 0 Å². The molecule has 0 unspecified atom stereocenters. The highest BCUT2D eigenvalue weighted by atomic mass is 19.1. The SMILES string of the molecule is CC(C)CNC(=O)Cc1ccc(-n2c(=O)c3ccccc3n(CC(=O)NCc3ccc(F)cc3)c2=O)cc1. The number of amides is 2. The number of halogens is 1. The molecule has 0 saturated heterocycles. The summed E-state index contributed by atoms with van der Waals surface area (Å²) in [5.41, 5.74) is 0.958. The second-order valence-electron chi connectivity index (χ2n) is 9.47. The Kier molecular flexibility index (Phi) is 8.15. The molecule has 3 aromatic carbocycles. The van der Waals surface area contributed by atoms with E-state index in [1.54, 1.807) is 60.7 Å². The van der Waals surface area contributed by atoms with Gasteiger partial charge in [-0.1, -0.05) is 50.2 Å². The molecule has 0 bridgehead atoms. The second kappa shape index (κ2) is 11.7. The van der Waals surface area contributed by atoms with E-state index >= 15 is 0 Å². The van der Waals surface area contributed by atoms with Crippen molar-refractivity contribution in [3.05, 3.63) is 111 Å². The Morgan fingerprint density at radius 1 is 0.842 bits per heavy atom. The molecule has 4 aromatic rings. The van der Waals surface area contributed by atoms with Crippen LogP contribution in [-0.4, -0.2) is 27.5 Å². The van der Waals surface area contributed by atoms with Gasteiger partial charge in [0.1, 0.15) is 12.4 Å².